The molecule has 0 aliphatic heterocycles. The minimum absolute atomic E-state index is 0.762. The van der Waals surface area contributed by atoms with Gasteiger partial charge < -0.3 is 4.90 Å². The van der Waals surface area contributed by atoms with Gasteiger partial charge in [-0.05, 0) is 69.8 Å². The normalized spacial score (nSPS) is 11.5. The summed E-state index contributed by atoms with van der Waals surface area (Å²) in [7, 11) is 17.5. The van der Waals surface area contributed by atoms with Gasteiger partial charge in [0, 0.05) is 17.1 Å². The molecule has 6 radical (unpaired) electrons. The SMILES string of the molecule is [B]c1ccc(/C=C/c2ccc(N(c3ccc(/C=C/c4ccc([B])cc4)cc3)c3ccc(/C=C/c4ccc([B])cc4)cc3)cc2)cc1. The van der Waals surface area contributed by atoms with E-state index in [0.29, 0.717) is 0 Å². The van der Waals surface area contributed by atoms with Crippen LogP contribution in [-0.2, 0) is 0 Å². The molecule has 0 bridgehead atoms. The molecule has 46 heavy (non-hydrogen) atoms. The first-order chi connectivity index (χ1) is 22.5. The Morgan fingerprint density at radius 1 is 0.261 bits per heavy atom. The first-order valence-electron chi connectivity index (χ1n) is 15.2. The fraction of sp³-hybridized carbons (Fsp3) is 0. The molecule has 0 N–H and O–H groups in total. The van der Waals surface area contributed by atoms with Crippen molar-refractivity contribution in [3.8, 4) is 0 Å². The molecule has 6 aromatic rings. The Balaban J connectivity index is 1.27. The lowest BCUT2D eigenvalue weighted by atomic mass is 9.95. The lowest BCUT2D eigenvalue weighted by Crippen LogP contribution is -2.09. The summed E-state index contributed by atoms with van der Waals surface area (Å²) in [5.74, 6) is 0. The highest BCUT2D eigenvalue weighted by Crippen LogP contribution is 2.35. The quantitative estimate of drug-likeness (QED) is 0.123. The Morgan fingerprint density at radius 2 is 0.435 bits per heavy atom. The highest BCUT2D eigenvalue weighted by atomic mass is 15.1. The van der Waals surface area contributed by atoms with Gasteiger partial charge in [0.1, 0.15) is 23.5 Å². The summed E-state index contributed by atoms with van der Waals surface area (Å²) >= 11 is 0. The monoisotopic (exact) mass is 581 g/mol. The van der Waals surface area contributed by atoms with Gasteiger partial charge in [-0.25, -0.2) is 0 Å². The second-order valence-electron chi connectivity index (χ2n) is 11.1. The second-order valence-corrected chi connectivity index (χ2v) is 11.1. The molecular formula is C42H30B3N. The molecule has 0 aromatic heterocycles. The molecule has 0 heterocycles. The molecule has 4 heteroatoms. The van der Waals surface area contributed by atoms with E-state index in [2.05, 4.69) is 114 Å². The van der Waals surface area contributed by atoms with E-state index in [0.717, 1.165) is 66.8 Å². The molecule has 6 aromatic carbocycles. The molecular weight excluding hydrogens is 551 g/mol. The van der Waals surface area contributed by atoms with E-state index in [1.165, 1.54) is 0 Å². The van der Waals surface area contributed by atoms with E-state index in [1.54, 1.807) is 0 Å². The van der Waals surface area contributed by atoms with Crippen molar-refractivity contribution in [2.24, 2.45) is 0 Å². The van der Waals surface area contributed by atoms with Crippen molar-refractivity contribution in [3.05, 3.63) is 179 Å². The Labute approximate surface area is 276 Å². The molecule has 6 rings (SSSR count). The Bertz CT molecular complexity index is 1720. The first-order valence-corrected chi connectivity index (χ1v) is 15.2. The molecule has 0 spiro atoms. The predicted molar refractivity (Wildman–Crippen MR) is 203 cm³/mol. The zero-order chi connectivity index (χ0) is 31.7. The van der Waals surface area contributed by atoms with Gasteiger partial charge >= 0.3 is 0 Å². The van der Waals surface area contributed by atoms with Crippen molar-refractivity contribution in [2.75, 3.05) is 4.90 Å². The van der Waals surface area contributed by atoms with Crippen LogP contribution in [0.15, 0.2) is 146 Å². The van der Waals surface area contributed by atoms with Crippen molar-refractivity contribution in [1.82, 2.24) is 0 Å². The van der Waals surface area contributed by atoms with Crippen molar-refractivity contribution >= 4 is 93.4 Å². The summed E-state index contributed by atoms with van der Waals surface area (Å²) in [5, 5.41) is 0. The van der Waals surface area contributed by atoms with Gasteiger partial charge in [0.15, 0.2) is 0 Å². The number of hydrogen-bond acceptors (Lipinski definition) is 1. The van der Waals surface area contributed by atoms with Crippen LogP contribution in [0.5, 0.6) is 0 Å². The zero-order valence-corrected chi connectivity index (χ0v) is 25.5. The van der Waals surface area contributed by atoms with Crippen molar-refractivity contribution in [3.63, 3.8) is 0 Å². The molecule has 0 saturated heterocycles. The van der Waals surface area contributed by atoms with Gasteiger partial charge in [0.05, 0.1) is 0 Å². The molecule has 0 saturated carbocycles. The number of benzene rings is 6. The van der Waals surface area contributed by atoms with Crippen molar-refractivity contribution < 1.29 is 0 Å². The molecule has 1 nitrogen and oxygen atoms in total. The first kappa shape index (κ1) is 30.6. The van der Waals surface area contributed by atoms with Crippen LogP contribution in [0, 0.1) is 0 Å². The minimum Gasteiger partial charge on any atom is -0.311 e. The highest BCUT2D eigenvalue weighted by Gasteiger charge is 2.12. The number of hydrogen-bond donors (Lipinski definition) is 0. The van der Waals surface area contributed by atoms with E-state index in [1.807, 2.05) is 72.8 Å². The lowest BCUT2D eigenvalue weighted by molar-refractivity contribution is 1.28. The fourth-order valence-corrected chi connectivity index (χ4v) is 5.05. The van der Waals surface area contributed by atoms with Crippen LogP contribution < -0.4 is 21.3 Å². The van der Waals surface area contributed by atoms with Gasteiger partial charge in [-0.15, -0.1) is 0 Å². The summed E-state index contributed by atoms with van der Waals surface area (Å²) in [5.41, 5.74) is 12.2. The second kappa shape index (κ2) is 14.5. The number of nitrogens with zero attached hydrogens (tertiary/aromatic N) is 1. The number of rotatable bonds is 9. The predicted octanol–water partition coefficient (Wildman–Crippen LogP) is 8.05. The van der Waals surface area contributed by atoms with Gasteiger partial charge in [-0.1, -0.05) is 162 Å². The summed E-state index contributed by atoms with van der Waals surface area (Å²) in [6, 6.07) is 49.4. The van der Waals surface area contributed by atoms with E-state index in [-0.39, 0.29) is 0 Å². The van der Waals surface area contributed by atoms with Crippen molar-refractivity contribution in [1.29, 1.82) is 0 Å². The maximum Gasteiger partial charge on any atom is 0.113 e. The van der Waals surface area contributed by atoms with Crippen LogP contribution in [0.3, 0.4) is 0 Å². The average molecular weight is 581 g/mol. The van der Waals surface area contributed by atoms with Gasteiger partial charge in [-0.2, -0.15) is 0 Å². The summed E-state index contributed by atoms with van der Waals surface area (Å²) in [6.07, 6.45) is 12.6. The topological polar surface area (TPSA) is 3.24 Å². The van der Waals surface area contributed by atoms with Gasteiger partial charge in [-0.3, -0.25) is 0 Å². The van der Waals surface area contributed by atoms with Crippen LogP contribution >= 0.6 is 0 Å². The molecule has 212 valence electrons. The smallest absolute Gasteiger partial charge is 0.113 e. The third-order valence-electron chi connectivity index (χ3n) is 7.67. The largest absolute Gasteiger partial charge is 0.311 e. The third kappa shape index (κ3) is 8.17. The maximum absolute atomic E-state index is 5.84. The Morgan fingerprint density at radius 3 is 0.630 bits per heavy atom. The summed E-state index contributed by atoms with van der Waals surface area (Å²) in [4.78, 5) is 2.27. The number of anilines is 3. The van der Waals surface area contributed by atoms with Crippen molar-refractivity contribution in [2.45, 2.75) is 0 Å². The molecule has 0 aliphatic rings. The van der Waals surface area contributed by atoms with Crippen LogP contribution in [0.25, 0.3) is 36.5 Å². The van der Waals surface area contributed by atoms with E-state index in [9.17, 15) is 0 Å². The molecule has 0 atom stereocenters. The van der Waals surface area contributed by atoms with Gasteiger partial charge in [0.2, 0.25) is 0 Å². The molecule has 0 aliphatic carbocycles. The standard InChI is InChI=1S/C42H30B3N/c43-37-19-7-31(8-20-37)1-4-34-13-25-40(26-14-34)46(41-27-15-35(16-28-41)5-2-32-9-21-38(44)22-10-32)42-29-17-36(18-30-42)6-3-33-11-23-39(45)24-12-33/h1-30H/b4-1+,5-2+,6-3+. The summed E-state index contributed by atoms with van der Waals surface area (Å²) in [6.45, 7) is 0. The summed E-state index contributed by atoms with van der Waals surface area (Å²) < 4.78 is 0. The zero-order valence-electron chi connectivity index (χ0n) is 25.5. The Kier molecular flexibility index (Phi) is 9.66. The minimum atomic E-state index is 0.762. The van der Waals surface area contributed by atoms with E-state index >= 15 is 0 Å². The Hall–Kier alpha value is -5.47. The maximum atomic E-state index is 5.84. The molecule has 0 amide bonds. The van der Waals surface area contributed by atoms with E-state index < -0.39 is 0 Å². The lowest BCUT2D eigenvalue weighted by Gasteiger charge is -2.26. The van der Waals surface area contributed by atoms with Gasteiger partial charge in [0.25, 0.3) is 0 Å². The average Bonchev–Trinajstić information content (AvgIpc) is 3.09. The van der Waals surface area contributed by atoms with Crippen LogP contribution in [0.4, 0.5) is 17.1 Å². The van der Waals surface area contributed by atoms with E-state index in [4.69, 9.17) is 23.5 Å². The molecule has 0 unspecified atom stereocenters. The van der Waals surface area contributed by atoms with Crippen LogP contribution in [-0.4, -0.2) is 23.5 Å². The van der Waals surface area contributed by atoms with Crippen LogP contribution in [0.1, 0.15) is 33.4 Å². The fourth-order valence-electron chi connectivity index (χ4n) is 5.05. The highest BCUT2D eigenvalue weighted by molar-refractivity contribution is 6.32. The third-order valence-corrected chi connectivity index (χ3v) is 7.67. The molecule has 0 fully saturated rings. The van der Waals surface area contributed by atoms with Crippen LogP contribution in [0.2, 0.25) is 0 Å².